The van der Waals surface area contributed by atoms with Crippen LogP contribution in [0.25, 0.3) is 0 Å². The Kier molecular flexibility index (Phi) is 3.59. The first-order valence-corrected chi connectivity index (χ1v) is 6.58. The number of aromatic nitrogens is 1. The van der Waals surface area contributed by atoms with Crippen LogP contribution in [-0.2, 0) is 6.54 Å². The van der Waals surface area contributed by atoms with E-state index in [0.717, 1.165) is 16.7 Å². The summed E-state index contributed by atoms with van der Waals surface area (Å²) in [4.78, 5) is 4.44. The van der Waals surface area contributed by atoms with Gasteiger partial charge in [0.1, 0.15) is 0 Å². The van der Waals surface area contributed by atoms with Crippen molar-refractivity contribution in [3.63, 3.8) is 0 Å². The second-order valence-electron chi connectivity index (χ2n) is 4.36. The van der Waals surface area contributed by atoms with E-state index < -0.39 is 0 Å². The summed E-state index contributed by atoms with van der Waals surface area (Å²) in [5, 5.41) is 6.61. The van der Waals surface area contributed by atoms with Gasteiger partial charge in [-0.15, -0.1) is 11.3 Å². The summed E-state index contributed by atoms with van der Waals surface area (Å²) in [6.07, 6.45) is 5.34. The van der Waals surface area contributed by atoms with E-state index in [4.69, 9.17) is 5.73 Å². The van der Waals surface area contributed by atoms with Gasteiger partial charge in [0.15, 0.2) is 5.13 Å². The van der Waals surface area contributed by atoms with Gasteiger partial charge >= 0.3 is 0 Å². The van der Waals surface area contributed by atoms with Crippen molar-refractivity contribution in [1.29, 1.82) is 0 Å². The smallest absolute Gasteiger partial charge is 0.183 e. The predicted molar refractivity (Wildman–Crippen MR) is 65.0 cm³/mol. The monoisotopic (exact) mass is 225 g/mol. The van der Waals surface area contributed by atoms with E-state index in [2.05, 4.69) is 17.2 Å². The topological polar surface area (TPSA) is 50.9 Å². The largest absolute Gasteiger partial charge is 0.359 e. The minimum atomic E-state index is 0.540. The molecule has 1 aromatic heterocycles. The molecule has 0 spiro atoms. The molecule has 1 aliphatic rings. The van der Waals surface area contributed by atoms with Crippen molar-refractivity contribution in [3.8, 4) is 0 Å². The lowest BCUT2D eigenvalue weighted by Crippen LogP contribution is -2.30. The molecule has 1 heterocycles. The first-order valence-electron chi connectivity index (χ1n) is 5.70. The first kappa shape index (κ1) is 10.9. The molecule has 0 saturated heterocycles. The fourth-order valence-electron chi connectivity index (χ4n) is 2.16. The molecule has 4 heteroatoms. The van der Waals surface area contributed by atoms with Gasteiger partial charge in [-0.3, -0.25) is 0 Å². The zero-order chi connectivity index (χ0) is 10.7. The van der Waals surface area contributed by atoms with Crippen LogP contribution in [0.15, 0.2) is 5.38 Å². The van der Waals surface area contributed by atoms with Gasteiger partial charge in [-0.25, -0.2) is 4.98 Å². The fourth-order valence-corrected chi connectivity index (χ4v) is 2.94. The van der Waals surface area contributed by atoms with Crippen LogP contribution < -0.4 is 11.1 Å². The van der Waals surface area contributed by atoms with E-state index in [0.29, 0.717) is 12.6 Å². The molecule has 0 radical (unpaired) electrons. The number of anilines is 1. The molecule has 2 atom stereocenters. The molecule has 15 heavy (non-hydrogen) atoms. The van der Waals surface area contributed by atoms with Crippen LogP contribution in [0.4, 0.5) is 5.13 Å². The molecule has 2 unspecified atom stereocenters. The molecule has 1 aromatic rings. The van der Waals surface area contributed by atoms with Gasteiger partial charge in [0.25, 0.3) is 0 Å². The average molecular weight is 225 g/mol. The third-order valence-corrected chi connectivity index (χ3v) is 4.00. The van der Waals surface area contributed by atoms with E-state index in [-0.39, 0.29) is 0 Å². The molecule has 0 aromatic carbocycles. The lowest BCUT2D eigenvalue weighted by Gasteiger charge is -2.29. The molecule has 3 nitrogen and oxygen atoms in total. The van der Waals surface area contributed by atoms with Gasteiger partial charge in [0, 0.05) is 18.0 Å². The highest BCUT2D eigenvalue weighted by atomic mass is 32.1. The van der Waals surface area contributed by atoms with Gasteiger partial charge in [-0.2, -0.15) is 0 Å². The van der Waals surface area contributed by atoms with Crippen LogP contribution in [0.2, 0.25) is 0 Å². The summed E-state index contributed by atoms with van der Waals surface area (Å²) in [6, 6.07) is 0.607. The standard InChI is InChI=1S/C11H19N3S/c1-8-4-2-3-5-10(8)14-11-13-9(6-12)7-15-11/h7-8,10H,2-6,12H2,1H3,(H,13,14). The molecule has 1 aliphatic carbocycles. The highest BCUT2D eigenvalue weighted by Gasteiger charge is 2.21. The Morgan fingerprint density at radius 3 is 3.00 bits per heavy atom. The van der Waals surface area contributed by atoms with E-state index in [1.54, 1.807) is 11.3 Å². The molecular weight excluding hydrogens is 206 g/mol. The Bertz CT molecular complexity index is 311. The molecule has 0 amide bonds. The SMILES string of the molecule is CC1CCCCC1Nc1nc(CN)cs1. The second-order valence-corrected chi connectivity index (χ2v) is 5.22. The maximum Gasteiger partial charge on any atom is 0.183 e. The number of nitrogens with two attached hydrogens (primary N) is 1. The first-order chi connectivity index (χ1) is 7.29. The summed E-state index contributed by atoms with van der Waals surface area (Å²) in [5.41, 5.74) is 6.53. The zero-order valence-corrected chi connectivity index (χ0v) is 10.0. The van der Waals surface area contributed by atoms with Gasteiger partial charge in [0.05, 0.1) is 5.69 Å². The van der Waals surface area contributed by atoms with Crippen molar-refractivity contribution in [2.24, 2.45) is 11.7 Å². The molecule has 0 aliphatic heterocycles. The molecule has 1 fully saturated rings. The van der Waals surface area contributed by atoms with E-state index >= 15 is 0 Å². The average Bonchev–Trinajstić information content (AvgIpc) is 2.69. The van der Waals surface area contributed by atoms with E-state index in [1.807, 2.05) is 5.38 Å². The summed E-state index contributed by atoms with van der Waals surface area (Å²) in [5.74, 6) is 0.768. The number of hydrogen-bond donors (Lipinski definition) is 2. The highest BCUT2D eigenvalue weighted by molar-refractivity contribution is 7.13. The minimum Gasteiger partial charge on any atom is -0.359 e. The maximum absolute atomic E-state index is 5.54. The minimum absolute atomic E-state index is 0.540. The molecule has 84 valence electrons. The van der Waals surface area contributed by atoms with Crippen LogP contribution in [0.1, 0.15) is 38.3 Å². The molecular formula is C11H19N3S. The number of rotatable bonds is 3. The molecule has 0 bridgehead atoms. The van der Waals surface area contributed by atoms with Crippen LogP contribution in [-0.4, -0.2) is 11.0 Å². The van der Waals surface area contributed by atoms with E-state index in [1.165, 1.54) is 25.7 Å². The fraction of sp³-hybridized carbons (Fsp3) is 0.727. The molecule has 2 rings (SSSR count). The number of thiazole rings is 1. The summed E-state index contributed by atoms with van der Waals surface area (Å²) >= 11 is 1.67. The molecule has 3 N–H and O–H groups in total. The van der Waals surface area contributed by atoms with Crippen LogP contribution >= 0.6 is 11.3 Å². The van der Waals surface area contributed by atoms with Crippen molar-refractivity contribution in [3.05, 3.63) is 11.1 Å². The van der Waals surface area contributed by atoms with Crippen molar-refractivity contribution < 1.29 is 0 Å². The lowest BCUT2D eigenvalue weighted by atomic mass is 9.86. The highest BCUT2D eigenvalue weighted by Crippen LogP contribution is 2.27. The van der Waals surface area contributed by atoms with Gasteiger partial charge in [-0.1, -0.05) is 19.8 Å². The van der Waals surface area contributed by atoms with Crippen molar-refractivity contribution in [2.45, 2.75) is 45.2 Å². The third-order valence-electron chi connectivity index (χ3n) is 3.18. The summed E-state index contributed by atoms with van der Waals surface area (Å²) in [7, 11) is 0. The van der Waals surface area contributed by atoms with Crippen molar-refractivity contribution >= 4 is 16.5 Å². The van der Waals surface area contributed by atoms with Crippen LogP contribution in [0, 0.1) is 5.92 Å². The third kappa shape index (κ3) is 2.69. The van der Waals surface area contributed by atoms with Gasteiger partial charge < -0.3 is 11.1 Å². The number of nitrogens with one attached hydrogen (secondary N) is 1. The number of nitrogens with zero attached hydrogens (tertiary/aromatic N) is 1. The van der Waals surface area contributed by atoms with Crippen molar-refractivity contribution in [2.75, 3.05) is 5.32 Å². The lowest BCUT2D eigenvalue weighted by molar-refractivity contribution is 0.349. The maximum atomic E-state index is 5.54. The van der Waals surface area contributed by atoms with E-state index in [9.17, 15) is 0 Å². The zero-order valence-electron chi connectivity index (χ0n) is 9.20. The Morgan fingerprint density at radius 1 is 1.53 bits per heavy atom. The predicted octanol–water partition coefficient (Wildman–Crippen LogP) is 2.59. The van der Waals surface area contributed by atoms with Crippen molar-refractivity contribution in [1.82, 2.24) is 4.98 Å². The van der Waals surface area contributed by atoms with Crippen LogP contribution in [0.3, 0.4) is 0 Å². The second kappa shape index (κ2) is 4.94. The Morgan fingerprint density at radius 2 is 2.33 bits per heavy atom. The quantitative estimate of drug-likeness (QED) is 0.831. The van der Waals surface area contributed by atoms with Gasteiger partial charge in [-0.05, 0) is 18.8 Å². The Labute approximate surface area is 95.1 Å². The summed E-state index contributed by atoms with van der Waals surface area (Å²) < 4.78 is 0. The van der Waals surface area contributed by atoms with Crippen LogP contribution in [0.5, 0.6) is 0 Å². The Balaban J connectivity index is 1.95. The number of hydrogen-bond acceptors (Lipinski definition) is 4. The summed E-state index contributed by atoms with van der Waals surface area (Å²) in [6.45, 7) is 2.87. The normalized spacial score (nSPS) is 26.5. The van der Waals surface area contributed by atoms with Gasteiger partial charge in [0.2, 0.25) is 0 Å². The molecule has 1 saturated carbocycles. The Hall–Kier alpha value is -0.610.